The quantitative estimate of drug-likeness (QED) is 0.701. The van der Waals surface area contributed by atoms with Crippen LogP contribution in [-0.4, -0.2) is 7.11 Å². The molecule has 0 N–H and O–H groups in total. The average Bonchev–Trinajstić information content (AvgIpc) is 2.47. The molecule has 2 aromatic carbocycles. The zero-order valence-corrected chi connectivity index (χ0v) is 10.4. The molecule has 3 heteroatoms. The highest BCUT2D eigenvalue weighted by atomic mass is 16.5. The molecule has 0 saturated heterocycles. The molecular formula is C16H12O3. The third-order valence-electron chi connectivity index (χ3n) is 3.08. The van der Waals surface area contributed by atoms with Crippen LogP contribution in [0.3, 0.4) is 0 Å². The molecule has 3 rings (SSSR count). The molecule has 0 radical (unpaired) electrons. The van der Waals surface area contributed by atoms with E-state index in [1.54, 1.807) is 13.2 Å². The molecule has 3 nitrogen and oxygen atoms in total. The maximum Gasteiger partial charge on any atom is 0.192 e. The summed E-state index contributed by atoms with van der Waals surface area (Å²) in [6.07, 6.45) is 1.42. The van der Waals surface area contributed by atoms with E-state index in [0.29, 0.717) is 11.0 Å². The zero-order valence-electron chi connectivity index (χ0n) is 10.4. The van der Waals surface area contributed by atoms with Crippen LogP contribution in [0.25, 0.3) is 22.1 Å². The summed E-state index contributed by atoms with van der Waals surface area (Å²) >= 11 is 0. The van der Waals surface area contributed by atoms with E-state index in [9.17, 15) is 4.79 Å². The number of hydrogen-bond acceptors (Lipinski definition) is 3. The smallest absolute Gasteiger partial charge is 0.192 e. The molecule has 0 aliphatic rings. The highest BCUT2D eigenvalue weighted by molar-refractivity contribution is 5.82. The van der Waals surface area contributed by atoms with Crippen LogP contribution in [0.1, 0.15) is 0 Å². The fraction of sp³-hybridized carbons (Fsp3) is 0.0625. The number of rotatable bonds is 2. The lowest BCUT2D eigenvalue weighted by atomic mass is 10.0. The van der Waals surface area contributed by atoms with Crippen LogP contribution in [0.2, 0.25) is 0 Å². The Morgan fingerprint density at radius 3 is 2.42 bits per heavy atom. The summed E-state index contributed by atoms with van der Waals surface area (Å²) in [5.41, 5.74) is 2.63. The second-order valence-electron chi connectivity index (χ2n) is 4.22. The molecule has 1 heterocycles. The molecule has 0 bridgehead atoms. The van der Waals surface area contributed by atoms with E-state index in [4.69, 9.17) is 9.15 Å². The Labute approximate surface area is 110 Å². The molecule has 0 aliphatic carbocycles. The number of hydrogen-bond donors (Lipinski definition) is 0. The first-order valence-electron chi connectivity index (χ1n) is 5.94. The van der Waals surface area contributed by atoms with Crippen molar-refractivity contribution in [1.82, 2.24) is 0 Å². The summed E-state index contributed by atoms with van der Waals surface area (Å²) < 4.78 is 10.5. The monoisotopic (exact) mass is 252 g/mol. The van der Waals surface area contributed by atoms with Crippen molar-refractivity contribution >= 4 is 11.0 Å². The van der Waals surface area contributed by atoms with Crippen LogP contribution in [-0.2, 0) is 0 Å². The molecule has 0 amide bonds. The van der Waals surface area contributed by atoms with Gasteiger partial charge in [-0.3, -0.25) is 4.79 Å². The van der Waals surface area contributed by atoms with Gasteiger partial charge in [0.05, 0.1) is 18.8 Å². The molecular weight excluding hydrogens is 240 g/mol. The van der Waals surface area contributed by atoms with E-state index in [0.717, 1.165) is 16.9 Å². The van der Waals surface area contributed by atoms with Gasteiger partial charge in [-0.05, 0) is 35.4 Å². The van der Waals surface area contributed by atoms with Crippen LogP contribution in [0, 0.1) is 0 Å². The van der Waals surface area contributed by atoms with Gasteiger partial charge in [0.15, 0.2) is 5.43 Å². The molecule has 0 unspecified atom stereocenters. The lowest BCUT2D eigenvalue weighted by molar-refractivity contribution is 0.415. The number of benzene rings is 2. The topological polar surface area (TPSA) is 39.4 Å². The van der Waals surface area contributed by atoms with Gasteiger partial charge in [0.25, 0.3) is 0 Å². The van der Waals surface area contributed by atoms with E-state index in [1.807, 2.05) is 36.4 Å². The predicted octanol–water partition coefficient (Wildman–Crippen LogP) is 3.47. The maximum atomic E-state index is 11.6. The van der Waals surface area contributed by atoms with Crippen molar-refractivity contribution in [2.24, 2.45) is 0 Å². The number of methoxy groups -OCH3 is 1. The van der Waals surface area contributed by atoms with Gasteiger partial charge in [-0.1, -0.05) is 18.2 Å². The van der Waals surface area contributed by atoms with Gasteiger partial charge in [0.1, 0.15) is 11.3 Å². The lowest BCUT2D eigenvalue weighted by Crippen LogP contribution is -1.97. The maximum absolute atomic E-state index is 11.6. The highest BCUT2D eigenvalue weighted by Crippen LogP contribution is 2.25. The molecule has 3 aromatic rings. The Hall–Kier alpha value is -2.55. The molecule has 1 aromatic heterocycles. The van der Waals surface area contributed by atoms with Gasteiger partial charge in [0, 0.05) is 6.07 Å². The van der Waals surface area contributed by atoms with Gasteiger partial charge in [-0.15, -0.1) is 0 Å². The summed E-state index contributed by atoms with van der Waals surface area (Å²) in [5.74, 6) is 0.816. The van der Waals surface area contributed by atoms with Crippen molar-refractivity contribution in [2.75, 3.05) is 7.11 Å². The standard InChI is InChI=1S/C16H12O3/c1-18-13-5-2-11(3-6-13)12-4-7-14-15(17)8-9-19-16(14)10-12/h2-10H,1H3. The second-order valence-corrected chi connectivity index (χ2v) is 4.22. The predicted molar refractivity (Wildman–Crippen MR) is 74.5 cm³/mol. The summed E-state index contributed by atoms with van der Waals surface area (Å²) in [7, 11) is 1.64. The minimum absolute atomic E-state index is 0.0254. The first-order valence-corrected chi connectivity index (χ1v) is 5.94. The minimum atomic E-state index is -0.0254. The number of fused-ring (bicyclic) bond motifs is 1. The lowest BCUT2D eigenvalue weighted by Gasteiger charge is -2.04. The molecule has 0 saturated carbocycles. The SMILES string of the molecule is COc1ccc(-c2ccc3c(=O)ccoc3c2)cc1. The first-order chi connectivity index (χ1) is 9.28. The first kappa shape index (κ1) is 11.5. The fourth-order valence-corrected chi connectivity index (χ4v) is 2.05. The van der Waals surface area contributed by atoms with Crippen molar-refractivity contribution in [1.29, 1.82) is 0 Å². The Kier molecular flexibility index (Phi) is 2.80. The van der Waals surface area contributed by atoms with Crippen molar-refractivity contribution in [3.8, 4) is 16.9 Å². The Morgan fingerprint density at radius 1 is 0.947 bits per heavy atom. The normalized spacial score (nSPS) is 10.6. The van der Waals surface area contributed by atoms with E-state index in [1.165, 1.54) is 12.3 Å². The third kappa shape index (κ3) is 2.10. The summed E-state index contributed by atoms with van der Waals surface area (Å²) in [4.78, 5) is 11.6. The van der Waals surface area contributed by atoms with E-state index >= 15 is 0 Å². The summed E-state index contributed by atoms with van der Waals surface area (Å²) in [5, 5.41) is 0.597. The van der Waals surface area contributed by atoms with Gasteiger partial charge in [-0.25, -0.2) is 0 Å². The molecule has 19 heavy (non-hydrogen) atoms. The van der Waals surface area contributed by atoms with Crippen LogP contribution in [0.5, 0.6) is 5.75 Å². The van der Waals surface area contributed by atoms with Gasteiger partial charge in [-0.2, -0.15) is 0 Å². The molecule has 94 valence electrons. The van der Waals surface area contributed by atoms with E-state index < -0.39 is 0 Å². The fourth-order valence-electron chi connectivity index (χ4n) is 2.05. The van der Waals surface area contributed by atoms with E-state index in [2.05, 4.69) is 0 Å². The molecule has 0 atom stereocenters. The third-order valence-corrected chi connectivity index (χ3v) is 3.08. The second kappa shape index (κ2) is 4.61. The van der Waals surface area contributed by atoms with Gasteiger partial charge < -0.3 is 9.15 Å². The Morgan fingerprint density at radius 2 is 1.68 bits per heavy atom. The summed E-state index contributed by atoms with van der Waals surface area (Å²) in [6, 6.07) is 14.8. The van der Waals surface area contributed by atoms with Gasteiger partial charge >= 0.3 is 0 Å². The zero-order chi connectivity index (χ0) is 13.2. The van der Waals surface area contributed by atoms with Crippen LogP contribution < -0.4 is 10.2 Å². The molecule has 0 fully saturated rings. The highest BCUT2D eigenvalue weighted by Gasteiger charge is 2.03. The van der Waals surface area contributed by atoms with E-state index in [-0.39, 0.29) is 5.43 Å². The van der Waals surface area contributed by atoms with Gasteiger partial charge in [0.2, 0.25) is 0 Å². The molecule has 0 spiro atoms. The number of ether oxygens (including phenoxy) is 1. The molecule has 0 aliphatic heterocycles. The van der Waals surface area contributed by atoms with Crippen LogP contribution >= 0.6 is 0 Å². The average molecular weight is 252 g/mol. The Balaban J connectivity index is 2.12. The van der Waals surface area contributed by atoms with Crippen LogP contribution in [0.4, 0.5) is 0 Å². The van der Waals surface area contributed by atoms with Crippen molar-refractivity contribution in [3.05, 3.63) is 65.0 Å². The van der Waals surface area contributed by atoms with Crippen molar-refractivity contribution in [3.63, 3.8) is 0 Å². The minimum Gasteiger partial charge on any atom is -0.497 e. The van der Waals surface area contributed by atoms with Crippen molar-refractivity contribution < 1.29 is 9.15 Å². The summed E-state index contributed by atoms with van der Waals surface area (Å²) in [6.45, 7) is 0. The largest absolute Gasteiger partial charge is 0.497 e. The Bertz CT molecular complexity index is 770. The van der Waals surface area contributed by atoms with Crippen LogP contribution in [0.15, 0.2) is 64.0 Å². The van der Waals surface area contributed by atoms with Crippen molar-refractivity contribution in [2.45, 2.75) is 0 Å².